The predicted octanol–water partition coefficient (Wildman–Crippen LogP) is 1.65. The van der Waals surface area contributed by atoms with Crippen molar-refractivity contribution in [2.45, 2.75) is 25.3 Å². The van der Waals surface area contributed by atoms with Crippen molar-refractivity contribution >= 4 is 27.5 Å². The molecule has 154 valence electrons. The van der Waals surface area contributed by atoms with Crippen LogP contribution in [-0.4, -0.2) is 44.8 Å². The number of sulfonamides is 1. The van der Waals surface area contributed by atoms with Gasteiger partial charge in [-0.05, 0) is 30.7 Å². The average Bonchev–Trinajstić information content (AvgIpc) is 2.82. The van der Waals surface area contributed by atoms with Crippen LogP contribution in [0.1, 0.15) is 18.1 Å². The Labute approximate surface area is 169 Å². The normalized spacial score (nSPS) is 14.0. The highest BCUT2D eigenvalue weighted by Crippen LogP contribution is 2.24. The molecule has 3 rings (SSSR count). The van der Waals surface area contributed by atoms with Gasteiger partial charge < -0.3 is 15.0 Å². The third kappa shape index (κ3) is 5.12. The number of anilines is 1. The summed E-state index contributed by atoms with van der Waals surface area (Å²) < 4.78 is 33.6. The number of benzene rings is 2. The van der Waals surface area contributed by atoms with Crippen LogP contribution in [-0.2, 0) is 26.2 Å². The molecule has 2 N–H and O–H groups in total. The Balaban J connectivity index is 1.70. The van der Waals surface area contributed by atoms with E-state index >= 15 is 0 Å². The lowest BCUT2D eigenvalue weighted by molar-refractivity contribution is -0.133. The number of nitrogens with zero attached hydrogens (tertiary/aromatic N) is 1. The van der Waals surface area contributed by atoms with E-state index in [1.165, 1.54) is 13.0 Å². The number of aryl methyl sites for hydroxylation is 1. The molecule has 9 heteroatoms. The summed E-state index contributed by atoms with van der Waals surface area (Å²) in [5.74, 6) is 0.0812. The first kappa shape index (κ1) is 20.8. The molecule has 2 amide bonds. The van der Waals surface area contributed by atoms with Crippen LogP contribution in [0.2, 0.25) is 0 Å². The van der Waals surface area contributed by atoms with Gasteiger partial charge in [0.2, 0.25) is 15.9 Å². The summed E-state index contributed by atoms with van der Waals surface area (Å²) in [6, 6.07) is 12.1. The van der Waals surface area contributed by atoms with Gasteiger partial charge in [-0.1, -0.05) is 24.3 Å². The number of hydrogen-bond acceptors (Lipinski definition) is 5. The Morgan fingerprint density at radius 3 is 2.72 bits per heavy atom. The highest BCUT2D eigenvalue weighted by atomic mass is 32.2. The first-order valence-corrected chi connectivity index (χ1v) is 10.6. The van der Waals surface area contributed by atoms with Gasteiger partial charge in [0.15, 0.2) is 6.61 Å². The lowest BCUT2D eigenvalue weighted by Crippen LogP contribution is -2.39. The Bertz CT molecular complexity index is 1040. The fraction of sp³-hybridized carbons (Fsp3) is 0.300. The molecule has 0 radical (unpaired) electrons. The molecule has 2 aromatic carbocycles. The molecule has 0 bridgehead atoms. The van der Waals surface area contributed by atoms with Crippen LogP contribution in [0.5, 0.6) is 5.75 Å². The molecule has 29 heavy (non-hydrogen) atoms. The third-order valence-corrected chi connectivity index (χ3v) is 5.95. The molecular formula is C20H23N3O5S. The van der Waals surface area contributed by atoms with E-state index < -0.39 is 10.0 Å². The fourth-order valence-corrected chi connectivity index (χ4v) is 4.31. The van der Waals surface area contributed by atoms with Crippen LogP contribution in [0, 0.1) is 6.92 Å². The van der Waals surface area contributed by atoms with Crippen LogP contribution < -0.4 is 14.8 Å². The van der Waals surface area contributed by atoms with Gasteiger partial charge in [0.25, 0.3) is 5.91 Å². The largest absolute Gasteiger partial charge is 0.483 e. The Hall–Kier alpha value is -2.91. The van der Waals surface area contributed by atoms with E-state index in [9.17, 15) is 18.0 Å². The number of ether oxygens (including phenoxy) is 1. The molecule has 1 heterocycles. The summed E-state index contributed by atoms with van der Waals surface area (Å²) in [7, 11) is -3.88. The highest BCUT2D eigenvalue weighted by molar-refractivity contribution is 7.89. The Morgan fingerprint density at radius 1 is 1.21 bits per heavy atom. The van der Waals surface area contributed by atoms with Crippen molar-refractivity contribution in [3.05, 3.63) is 53.6 Å². The standard InChI is InChI=1S/C20H23N3O5S/c1-14-7-8-17(22-15(2)24)19(11-14)29(26,27)21-9-10-23-12-16-5-3-4-6-18(16)28-13-20(23)25/h3-8,11,21H,9-10,12-13H2,1-2H3,(H,22,24). The van der Waals surface area contributed by atoms with Crippen molar-refractivity contribution in [3.8, 4) is 5.75 Å². The smallest absolute Gasteiger partial charge is 0.260 e. The molecule has 0 atom stereocenters. The summed E-state index contributed by atoms with van der Waals surface area (Å²) in [5.41, 5.74) is 1.83. The van der Waals surface area contributed by atoms with Gasteiger partial charge in [0, 0.05) is 32.1 Å². The number of fused-ring (bicyclic) bond motifs is 1. The van der Waals surface area contributed by atoms with Crippen LogP contribution >= 0.6 is 0 Å². The first-order chi connectivity index (χ1) is 13.8. The number of para-hydroxylation sites is 1. The van der Waals surface area contributed by atoms with Crippen LogP contribution in [0.3, 0.4) is 0 Å². The Morgan fingerprint density at radius 2 is 1.97 bits per heavy atom. The van der Waals surface area contributed by atoms with Crippen LogP contribution in [0.4, 0.5) is 5.69 Å². The molecular weight excluding hydrogens is 394 g/mol. The van der Waals surface area contributed by atoms with Gasteiger partial charge >= 0.3 is 0 Å². The number of rotatable bonds is 6. The lowest BCUT2D eigenvalue weighted by atomic mass is 10.2. The van der Waals surface area contributed by atoms with Crippen molar-refractivity contribution < 1.29 is 22.7 Å². The summed E-state index contributed by atoms with van der Waals surface area (Å²) in [6.45, 7) is 3.56. The van der Waals surface area contributed by atoms with Crippen molar-refractivity contribution in [3.63, 3.8) is 0 Å². The first-order valence-electron chi connectivity index (χ1n) is 9.12. The van der Waals surface area contributed by atoms with E-state index in [0.29, 0.717) is 12.3 Å². The van der Waals surface area contributed by atoms with Gasteiger partial charge in [0.05, 0.1) is 5.69 Å². The zero-order valence-electron chi connectivity index (χ0n) is 16.3. The number of amides is 2. The van der Waals surface area contributed by atoms with E-state index in [1.54, 1.807) is 30.0 Å². The van der Waals surface area contributed by atoms with E-state index in [2.05, 4.69) is 10.0 Å². The topological polar surface area (TPSA) is 105 Å². The van der Waals surface area contributed by atoms with E-state index in [1.807, 2.05) is 18.2 Å². The number of nitrogens with one attached hydrogen (secondary N) is 2. The maximum absolute atomic E-state index is 12.8. The number of carbonyl (C=O) groups is 2. The molecule has 0 fully saturated rings. The minimum atomic E-state index is -3.88. The Kier molecular flexibility index (Phi) is 6.19. The van der Waals surface area contributed by atoms with Gasteiger partial charge in [-0.3, -0.25) is 9.59 Å². The van der Waals surface area contributed by atoms with E-state index in [-0.39, 0.29) is 42.1 Å². The van der Waals surface area contributed by atoms with Gasteiger partial charge in [0.1, 0.15) is 10.6 Å². The van der Waals surface area contributed by atoms with E-state index in [0.717, 1.165) is 11.1 Å². The SMILES string of the molecule is CC(=O)Nc1ccc(C)cc1S(=O)(=O)NCCN1Cc2ccccc2OCC1=O. The second-order valence-electron chi connectivity index (χ2n) is 6.79. The molecule has 0 spiro atoms. The summed E-state index contributed by atoms with van der Waals surface area (Å²) in [6.07, 6.45) is 0. The van der Waals surface area contributed by atoms with Gasteiger partial charge in [-0.2, -0.15) is 0 Å². The second-order valence-corrected chi connectivity index (χ2v) is 8.53. The molecule has 1 aliphatic heterocycles. The van der Waals surface area contributed by atoms with Gasteiger partial charge in [-0.25, -0.2) is 13.1 Å². The summed E-state index contributed by atoms with van der Waals surface area (Å²) in [4.78, 5) is 25.2. The average molecular weight is 417 g/mol. The summed E-state index contributed by atoms with van der Waals surface area (Å²) in [5, 5.41) is 2.53. The molecule has 2 aromatic rings. The van der Waals surface area contributed by atoms with Crippen LogP contribution in [0.25, 0.3) is 0 Å². The fourth-order valence-electron chi connectivity index (χ4n) is 3.04. The minimum absolute atomic E-state index is 0.0106. The molecule has 0 saturated carbocycles. The van der Waals surface area contributed by atoms with Crippen molar-refractivity contribution in [1.29, 1.82) is 0 Å². The monoisotopic (exact) mass is 417 g/mol. The zero-order valence-corrected chi connectivity index (χ0v) is 17.1. The van der Waals surface area contributed by atoms with Crippen molar-refractivity contribution in [2.75, 3.05) is 25.0 Å². The molecule has 0 unspecified atom stereocenters. The second kappa shape index (κ2) is 8.62. The summed E-state index contributed by atoms with van der Waals surface area (Å²) >= 11 is 0. The van der Waals surface area contributed by atoms with Crippen LogP contribution in [0.15, 0.2) is 47.4 Å². The van der Waals surface area contributed by atoms with Crippen molar-refractivity contribution in [2.24, 2.45) is 0 Å². The quantitative estimate of drug-likeness (QED) is 0.744. The molecule has 1 aliphatic rings. The molecule has 0 aliphatic carbocycles. The van der Waals surface area contributed by atoms with E-state index in [4.69, 9.17) is 4.74 Å². The number of carbonyl (C=O) groups excluding carboxylic acids is 2. The highest BCUT2D eigenvalue weighted by Gasteiger charge is 2.23. The predicted molar refractivity (Wildman–Crippen MR) is 108 cm³/mol. The maximum Gasteiger partial charge on any atom is 0.260 e. The zero-order chi connectivity index (χ0) is 21.0. The minimum Gasteiger partial charge on any atom is -0.483 e. The van der Waals surface area contributed by atoms with Crippen molar-refractivity contribution in [1.82, 2.24) is 9.62 Å². The molecule has 8 nitrogen and oxygen atoms in total. The molecule has 0 aromatic heterocycles. The maximum atomic E-state index is 12.8. The third-order valence-electron chi connectivity index (χ3n) is 4.45. The van der Waals surface area contributed by atoms with Gasteiger partial charge in [-0.15, -0.1) is 0 Å². The molecule has 0 saturated heterocycles. The lowest BCUT2D eigenvalue weighted by Gasteiger charge is -2.20. The number of hydrogen-bond donors (Lipinski definition) is 2.